The van der Waals surface area contributed by atoms with Crippen molar-refractivity contribution in [2.24, 2.45) is 0 Å². The molecule has 0 spiro atoms. The number of benzene rings is 1. The molecule has 0 amide bonds. The number of thioether (sulfide) groups is 1. The maximum atomic E-state index is 12.8. The van der Waals surface area contributed by atoms with Crippen LogP contribution in [0.4, 0.5) is 0 Å². The van der Waals surface area contributed by atoms with Gasteiger partial charge in [0.2, 0.25) is 0 Å². The molecule has 0 aliphatic rings. The molecule has 2 heterocycles. The average molecular weight is 342 g/mol. The number of nitrogens with zero attached hydrogens (tertiary/aromatic N) is 2. The molecule has 2 aromatic heterocycles. The molecule has 0 N–H and O–H groups in total. The molecule has 0 saturated heterocycles. The number of ketones is 1. The smallest absolute Gasteiger partial charge is 0.262 e. The molecular weight excluding hydrogens is 324 g/mol. The quantitative estimate of drug-likeness (QED) is 0.373. The van der Waals surface area contributed by atoms with E-state index >= 15 is 0 Å². The van der Waals surface area contributed by atoms with Crippen molar-refractivity contribution in [2.45, 2.75) is 31.5 Å². The van der Waals surface area contributed by atoms with Gasteiger partial charge in [0.1, 0.15) is 11.5 Å². The number of hydrogen-bond donors (Lipinski definition) is 0. The molecule has 0 saturated carbocycles. The monoisotopic (exact) mass is 342 g/mol. The number of Topliss-reactive ketones (excluding diaryl/α,β-unsaturated/α-hetero) is 1. The predicted molar refractivity (Wildman–Crippen MR) is 94.5 cm³/mol. The van der Waals surface area contributed by atoms with Gasteiger partial charge in [-0.3, -0.25) is 9.36 Å². The van der Waals surface area contributed by atoms with Crippen LogP contribution in [-0.4, -0.2) is 21.1 Å². The molecule has 0 fully saturated rings. The summed E-state index contributed by atoms with van der Waals surface area (Å²) in [7, 11) is 0. The van der Waals surface area contributed by atoms with Crippen molar-refractivity contribution in [1.29, 1.82) is 0 Å². The highest BCUT2D eigenvalue weighted by Gasteiger charge is 2.13. The maximum Gasteiger partial charge on any atom is 0.262 e. The number of rotatable bonds is 7. The van der Waals surface area contributed by atoms with Crippen molar-refractivity contribution in [3.05, 3.63) is 58.8 Å². The van der Waals surface area contributed by atoms with Crippen LogP contribution in [-0.2, 0) is 11.3 Å². The first kappa shape index (κ1) is 16.5. The zero-order valence-electron chi connectivity index (χ0n) is 13.4. The molecule has 5 nitrogen and oxygen atoms in total. The first-order valence-electron chi connectivity index (χ1n) is 7.79. The Morgan fingerprint density at radius 3 is 2.83 bits per heavy atom. The lowest BCUT2D eigenvalue weighted by Gasteiger charge is -2.12. The van der Waals surface area contributed by atoms with E-state index in [4.69, 9.17) is 4.42 Å². The van der Waals surface area contributed by atoms with E-state index in [0.29, 0.717) is 34.8 Å². The van der Waals surface area contributed by atoms with Crippen molar-refractivity contribution >= 4 is 28.4 Å². The summed E-state index contributed by atoms with van der Waals surface area (Å²) in [6.07, 6.45) is 2.90. The van der Waals surface area contributed by atoms with Crippen LogP contribution in [0.5, 0.6) is 0 Å². The van der Waals surface area contributed by atoms with Crippen LogP contribution in [0.1, 0.15) is 25.5 Å². The Hall–Kier alpha value is -2.34. The van der Waals surface area contributed by atoms with E-state index in [9.17, 15) is 9.59 Å². The van der Waals surface area contributed by atoms with E-state index in [1.54, 1.807) is 29.9 Å². The summed E-state index contributed by atoms with van der Waals surface area (Å²) < 4.78 is 7.01. The maximum absolute atomic E-state index is 12.8. The highest BCUT2D eigenvalue weighted by molar-refractivity contribution is 7.99. The summed E-state index contributed by atoms with van der Waals surface area (Å²) in [5, 5.41) is 1.25. The van der Waals surface area contributed by atoms with Crippen molar-refractivity contribution in [1.82, 2.24) is 9.55 Å². The molecule has 0 atom stereocenters. The lowest BCUT2D eigenvalue weighted by atomic mass is 10.2. The van der Waals surface area contributed by atoms with E-state index in [1.165, 1.54) is 11.8 Å². The summed E-state index contributed by atoms with van der Waals surface area (Å²) in [6, 6.07) is 11.0. The van der Waals surface area contributed by atoms with E-state index in [-0.39, 0.29) is 11.3 Å². The van der Waals surface area contributed by atoms with Crippen LogP contribution in [0.25, 0.3) is 10.9 Å². The Labute approximate surface area is 143 Å². The summed E-state index contributed by atoms with van der Waals surface area (Å²) in [5.41, 5.74) is 0.610. The summed E-state index contributed by atoms with van der Waals surface area (Å²) >= 11 is 1.50. The second-order valence-corrected chi connectivity index (χ2v) is 6.60. The molecule has 124 valence electrons. The molecule has 24 heavy (non-hydrogen) atoms. The van der Waals surface area contributed by atoms with Crippen molar-refractivity contribution < 1.29 is 9.21 Å². The minimum atomic E-state index is -0.0777. The van der Waals surface area contributed by atoms with Gasteiger partial charge in [-0.25, -0.2) is 4.98 Å². The molecule has 6 heteroatoms. The molecule has 3 aromatic rings. The van der Waals surface area contributed by atoms with Gasteiger partial charge >= 0.3 is 0 Å². The largest absolute Gasteiger partial charge is 0.467 e. The predicted octanol–water partition coefficient (Wildman–Crippen LogP) is 3.50. The Bertz CT molecular complexity index is 900. The van der Waals surface area contributed by atoms with Crippen molar-refractivity contribution in [3.8, 4) is 0 Å². The number of furan rings is 1. The second kappa shape index (κ2) is 7.49. The van der Waals surface area contributed by atoms with Crippen LogP contribution in [0.15, 0.2) is 57.0 Å². The standard InChI is InChI=1S/C18H18N2O3S/c1-13(21)6-5-11-24-18-19-16-9-3-2-8-15(16)17(22)20(18)12-14-7-4-10-23-14/h2-4,7-10H,5-6,11-12H2,1H3. The number of carbonyl (C=O) groups is 1. The highest BCUT2D eigenvalue weighted by atomic mass is 32.2. The van der Waals surface area contributed by atoms with E-state index in [1.807, 2.05) is 24.3 Å². The van der Waals surface area contributed by atoms with E-state index < -0.39 is 0 Å². The normalized spacial score (nSPS) is 11.0. The van der Waals surface area contributed by atoms with Crippen LogP contribution in [0, 0.1) is 0 Å². The Morgan fingerprint density at radius 1 is 1.25 bits per heavy atom. The fourth-order valence-electron chi connectivity index (χ4n) is 2.44. The third kappa shape index (κ3) is 3.76. The highest BCUT2D eigenvalue weighted by Crippen LogP contribution is 2.20. The van der Waals surface area contributed by atoms with Gasteiger partial charge in [0.05, 0.1) is 23.7 Å². The first-order valence-corrected chi connectivity index (χ1v) is 8.78. The molecule has 0 aliphatic heterocycles. The number of carbonyl (C=O) groups excluding carboxylic acids is 1. The average Bonchev–Trinajstić information content (AvgIpc) is 3.08. The lowest BCUT2D eigenvalue weighted by molar-refractivity contribution is -0.117. The topological polar surface area (TPSA) is 65.1 Å². The van der Waals surface area contributed by atoms with Crippen LogP contribution in [0.2, 0.25) is 0 Å². The number of para-hydroxylation sites is 1. The fourth-order valence-corrected chi connectivity index (χ4v) is 3.38. The molecule has 3 rings (SSSR count). The van der Waals surface area contributed by atoms with Crippen molar-refractivity contribution in [2.75, 3.05) is 5.75 Å². The van der Waals surface area contributed by atoms with Gasteiger partial charge in [0, 0.05) is 12.2 Å². The zero-order chi connectivity index (χ0) is 16.9. The van der Waals surface area contributed by atoms with Gasteiger partial charge in [-0.2, -0.15) is 0 Å². The minimum absolute atomic E-state index is 0.0777. The Balaban J connectivity index is 1.94. The lowest BCUT2D eigenvalue weighted by Crippen LogP contribution is -2.23. The number of aromatic nitrogens is 2. The second-order valence-electron chi connectivity index (χ2n) is 5.54. The Morgan fingerprint density at radius 2 is 2.08 bits per heavy atom. The van der Waals surface area contributed by atoms with Gasteiger partial charge in [0.15, 0.2) is 5.16 Å². The minimum Gasteiger partial charge on any atom is -0.467 e. The van der Waals surface area contributed by atoms with Gasteiger partial charge in [-0.05, 0) is 37.6 Å². The van der Waals surface area contributed by atoms with Gasteiger partial charge in [-0.15, -0.1) is 0 Å². The molecule has 0 bridgehead atoms. The number of hydrogen-bond acceptors (Lipinski definition) is 5. The Kier molecular flexibility index (Phi) is 5.15. The third-order valence-electron chi connectivity index (χ3n) is 3.62. The SMILES string of the molecule is CC(=O)CCCSc1nc2ccccc2c(=O)n1Cc1ccco1. The van der Waals surface area contributed by atoms with Crippen LogP contribution < -0.4 is 5.56 Å². The summed E-state index contributed by atoms with van der Waals surface area (Å²) in [4.78, 5) is 28.5. The van der Waals surface area contributed by atoms with Crippen molar-refractivity contribution in [3.63, 3.8) is 0 Å². The van der Waals surface area contributed by atoms with Crippen LogP contribution >= 0.6 is 11.8 Å². The molecule has 0 radical (unpaired) electrons. The number of fused-ring (bicyclic) bond motifs is 1. The summed E-state index contributed by atoms with van der Waals surface area (Å²) in [6.45, 7) is 1.94. The van der Waals surface area contributed by atoms with Gasteiger partial charge in [-0.1, -0.05) is 23.9 Å². The third-order valence-corrected chi connectivity index (χ3v) is 4.69. The van der Waals surface area contributed by atoms with E-state index in [0.717, 1.165) is 12.2 Å². The van der Waals surface area contributed by atoms with Gasteiger partial charge in [0.25, 0.3) is 5.56 Å². The molecule has 1 aromatic carbocycles. The molecular formula is C18H18N2O3S. The van der Waals surface area contributed by atoms with Gasteiger partial charge < -0.3 is 9.21 Å². The molecule has 0 aliphatic carbocycles. The zero-order valence-corrected chi connectivity index (χ0v) is 14.2. The van der Waals surface area contributed by atoms with E-state index in [2.05, 4.69) is 4.98 Å². The molecule has 0 unspecified atom stereocenters. The fraction of sp³-hybridized carbons (Fsp3) is 0.278. The summed E-state index contributed by atoms with van der Waals surface area (Å²) in [5.74, 6) is 1.62. The first-order chi connectivity index (χ1) is 11.6. The van der Waals surface area contributed by atoms with Crippen LogP contribution in [0.3, 0.4) is 0 Å².